The van der Waals surface area contributed by atoms with E-state index in [2.05, 4.69) is 20.5 Å². The zero-order valence-electron chi connectivity index (χ0n) is 20.8. The number of tetrazole rings is 1. The molecule has 2 aromatic heterocycles. The zero-order valence-corrected chi connectivity index (χ0v) is 20.8. The molecule has 0 fully saturated rings. The first-order valence-corrected chi connectivity index (χ1v) is 12.2. The van der Waals surface area contributed by atoms with Crippen molar-refractivity contribution in [3.63, 3.8) is 0 Å². The third kappa shape index (κ3) is 6.09. The molecule has 1 N–H and O–H groups in total. The summed E-state index contributed by atoms with van der Waals surface area (Å²) in [5.41, 5.74) is 2.80. The Morgan fingerprint density at radius 3 is 2.32 bits per heavy atom. The SMILES string of the molecule is CCOc1ccc2[nH]c(=O)c(CN(Cc3ccc(F)cc3)Cc3nnnn3Cc3ccc(F)cc3)cc2c1. The van der Waals surface area contributed by atoms with Gasteiger partial charge in [0, 0.05) is 29.6 Å². The van der Waals surface area contributed by atoms with Crippen molar-refractivity contribution in [1.82, 2.24) is 30.1 Å². The number of nitrogens with one attached hydrogen (secondary N) is 1. The van der Waals surface area contributed by atoms with Crippen LogP contribution in [0.15, 0.2) is 77.6 Å². The van der Waals surface area contributed by atoms with Gasteiger partial charge in [0.15, 0.2) is 5.82 Å². The molecule has 0 bridgehead atoms. The van der Waals surface area contributed by atoms with Crippen LogP contribution in [-0.2, 0) is 26.2 Å². The third-order valence-electron chi connectivity index (χ3n) is 6.13. The van der Waals surface area contributed by atoms with Crippen molar-refractivity contribution in [2.75, 3.05) is 6.61 Å². The van der Waals surface area contributed by atoms with Crippen LogP contribution in [-0.4, -0.2) is 36.7 Å². The molecular formula is C28H26F2N6O2. The highest BCUT2D eigenvalue weighted by Crippen LogP contribution is 2.21. The Kier molecular flexibility index (Phi) is 7.50. The Balaban J connectivity index is 1.44. The lowest BCUT2D eigenvalue weighted by atomic mass is 10.1. The lowest BCUT2D eigenvalue weighted by Crippen LogP contribution is -2.28. The molecule has 0 aliphatic heterocycles. The van der Waals surface area contributed by atoms with Crippen molar-refractivity contribution in [2.45, 2.75) is 33.1 Å². The number of aromatic nitrogens is 5. The predicted octanol–water partition coefficient (Wildman–Crippen LogP) is 4.44. The van der Waals surface area contributed by atoms with Crippen molar-refractivity contribution < 1.29 is 13.5 Å². The molecule has 0 unspecified atom stereocenters. The highest BCUT2D eigenvalue weighted by Gasteiger charge is 2.16. The molecular weight excluding hydrogens is 490 g/mol. The van der Waals surface area contributed by atoms with E-state index < -0.39 is 0 Å². The minimum Gasteiger partial charge on any atom is -0.494 e. The molecule has 0 saturated carbocycles. The van der Waals surface area contributed by atoms with Gasteiger partial charge in [0.25, 0.3) is 5.56 Å². The summed E-state index contributed by atoms with van der Waals surface area (Å²) in [6, 6.07) is 19.8. The molecule has 10 heteroatoms. The van der Waals surface area contributed by atoms with E-state index in [1.165, 1.54) is 24.3 Å². The lowest BCUT2D eigenvalue weighted by molar-refractivity contribution is 0.236. The Hall–Kier alpha value is -4.44. The van der Waals surface area contributed by atoms with Gasteiger partial charge >= 0.3 is 0 Å². The average Bonchev–Trinajstić information content (AvgIpc) is 3.33. The average molecular weight is 517 g/mol. The van der Waals surface area contributed by atoms with Gasteiger partial charge in [-0.25, -0.2) is 13.5 Å². The van der Waals surface area contributed by atoms with Crippen LogP contribution in [0.4, 0.5) is 8.78 Å². The second-order valence-corrected chi connectivity index (χ2v) is 8.96. The number of hydrogen-bond acceptors (Lipinski definition) is 6. The number of fused-ring (bicyclic) bond motifs is 1. The second-order valence-electron chi connectivity index (χ2n) is 8.96. The molecule has 0 atom stereocenters. The van der Waals surface area contributed by atoms with Crippen molar-refractivity contribution in [1.29, 1.82) is 0 Å². The van der Waals surface area contributed by atoms with Crippen LogP contribution >= 0.6 is 0 Å². The van der Waals surface area contributed by atoms with Crippen molar-refractivity contribution in [3.05, 3.63) is 117 Å². The Bertz CT molecular complexity index is 1580. The van der Waals surface area contributed by atoms with E-state index in [1.54, 1.807) is 28.9 Å². The highest BCUT2D eigenvalue weighted by atomic mass is 19.1. The van der Waals surface area contributed by atoms with Gasteiger partial charge < -0.3 is 9.72 Å². The molecule has 38 heavy (non-hydrogen) atoms. The van der Waals surface area contributed by atoms with Gasteiger partial charge in [-0.05, 0) is 77.0 Å². The number of benzene rings is 3. The normalized spacial score (nSPS) is 11.4. The van der Waals surface area contributed by atoms with E-state index in [0.29, 0.717) is 44.2 Å². The number of halogens is 2. The smallest absolute Gasteiger partial charge is 0.252 e. The molecule has 0 radical (unpaired) electrons. The molecule has 0 spiro atoms. The topological polar surface area (TPSA) is 88.9 Å². The number of pyridine rings is 1. The van der Waals surface area contributed by atoms with Crippen molar-refractivity contribution >= 4 is 10.9 Å². The third-order valence-corrected chi connectivity index (χ3v) is 6.13. The Morgan fingerprint density at radius 1 is 0.895 bits per heavy atom. The maximum Gasteiger partial charge on any atom is 0.252 e. The van der Waals surface area contributed by atoms with E-state index in [0.717, 1.165) is 27.8 Å². The van der Waals surface area contributed by atoms with Crippen LogP contribution < -0.4 is 10.3 Å². The van der Waals surface area contributed by atoms with Gasteiger partial charge in [-0.1, -0.05) is 24.3 Å². The number of ether oxygens (including phenoxy) is 1. The maximum absolute atomic E-state index is 13.5. The van der Waals surface area contributed by atoms with Crippen LogP contribution in [0.1, 0.15) is 29.4 Å². The van der Waals surface area contributed by atoms with E-state index >= 15 is 0 Å². The minimum absolute atomic E-state index is 0.198. The molecule has 0 saturated heterocycles. The van der Waals surface area contributed by atoms with Gasteiger partial charge in [-0.15, -0.1) is 5.10 Å². The first-order chi connectivity index (χ1) is 18.5. The number of hydrogen-bond donors (Lipinski definition) is 1. The fourth-order valence-corrected chi connectivity index (χ4v) is 4.28. The van der Waals surface area contributed by atoms with Gasteiger partial charge in [0.1, 0.15) is 17.4 Å². The summed E-state index contributed by atoms with van der Waals surface area (Å²) < 4.78 is 34.1. The van der Waals surface area contributed by atoms with Crippen LogP contribution in [0.5, 0.6) is 5.75 Å². The van der Waals surface area contributed by atoms with E-state index in [4.69, 9.17) is 4.74 Å². The Morgan fingerprint density at radius 2 is 1.61 bits per heavy atom. The van der Waals surface area contributed by atoms with Crippen LogP contribution in [0.3, 0.4) is 0 Å². The fraction of sp³-hybridized carbons (Fsp3) is 0.214. The summed E-state index contributed by atoms with van der Waals surface area (Å²) in [5.74, 6) is 0.665. The first-order valence-electron chi connectivity index (χ1n) is 12.2. The number of H-pyrrole nitrogens is 1. The van der Waals surface area contributed by atoms with Gasteiger partial charge in [-0.3, -0.25) is 9.69 Å². The molecule has 5 rings (SSSR count). The summed E-state index contributed by atoms with van der Waals surface area (Å²) in [6.45, 7) is 3.87. The van der Waals surface area contributed by atoms with Gasteiger partial charge in [0.05, 0.1) is 19.7 Å². The van der Waals surface area contributed by atoms with Crippen LogP contribution in [0.2, 0.25) is 0 Å². The summed E-state index contributed by atoms with van der Waals surface area (Å²) in [4.78, 5) is 17.9. The molecule has 0 aliphatic carbocycles. The first kappa shape index (κ1) is 25.2. The lowest BCUT2D eigenvalue weighted by Gasteiger charge is -2.22. The number of aromatic amines is 1. The number of nitrogens with zero attached hydrogens (tertiary/aromatic N) is 5. The maximum atomic E-state index is 13.5. The van der Waals surface area contributed by atoms with Gasteiger partial charge in [-0.2, -0.15) is 0 Å². The molecule has 8 nitrogen and oxygen atoms in total. The molecule has 0 aliphatic rings. The van der Waals surface area contributed by atoms with Crippen LogP contribution in [0.25, 0.3) is 10.9 Å². The van der Waals surface area contributed by atoms with E-state index in [-0.39, 0.29) is 17.2 Å². The zero-order chi connectivity index (χ0) is 26.5. The molecule has 194 valence electrons. The molecule has 5 aromatic rings. The molecule has 0 amide bonds. The predicted molar refractivity (Wildman–Crippen MR) is 138 cm³/mol. The minimum atomic E-state index is -0.320. The van der Waals surface area contributed by atoms with Crippen molar-refractivity contribution in [2.24, 2.45) is 0 Å². The van der Waals surface area contributed by atoms with Crippen molar-refractivity contribution in [3.8, 4) is 5.75 Å². The van der Waals surface area contributed by atoms with E-state index in [9.17, 15) is 13.6 Å². The molecule has 3 aromatic carbocycles. The summed E-state index contributed by atoms with van der Waals surface area (Å²) in [6.07, 6.45) is 0. The summed E-state index contributed by atoms with van der Waals surface area (Å²) in [5, 5.41) is 13.0. The number of rotatable bonds is 10. The second kappa shape index (κ2) is 11.3. The fourth-order valence-electron chi connectivity index (χ4n) is 4.28. The largest absolute Gasteiger partial charge is 0.494 e. The summed E-state index contributed by atoms with van der Waals surface area (Å²) in [7, 11) is 0. The Labute approximate surface area is 217 Å². The van der Waals surface area contributed by atoms with Crippen LogP contribution in [0, 0.1) is 11.6 Å². The monoisotopic (exact) mass is 516 g/mol. The van der Waals surface area contributed by atoms with Gasteiger partial charge in [0.2, 0.25) is 0 Å². The molecule has 2 heterocycles. The quantitative estimate of drug-likeness (QED) is 0.295. The van der Waals surface area contributed by atoms with E-state index in [1.807, 2.05) is 36.1 Å². The standard InChI is InChI=1S/C28H26F2N6O2/c1-2-38-25-11-12-26-21(14-25)13-22(28(37)31-26)17-35(15-19-3-7-23(29)8-4-19)18-27-32-33-34-36(27)16-20-5-9-24(30)10-6-20/h3-14H,2,15-18H2,1H3,(H,31,37). The summed E-state index contributed by atoms with van der Waals surface area (Å²) >= 11 is 0. The highest BCUT2D eigenvalue weighted by molar-refractivity contribution is 5.80.